The van der Waals surface area contributed by atoms with Crippen LogP contribution in [0.5, 0.6) is 0 Å². The van der Waals surface area contributed by atoms with Gasteiger partial charge in [0.2, 0.25) is 0 Å². The standard InChI is InChI=1S/C13H14ClF3N2O2/c14-9-5-8(13(15,16)17)7-18-11(9)19-12(6-10(20)21)3-1-2-4-12/h5,7H,1-4,6H2,(H,18,19)(H,20,21). The van der Waals surface area contributed by atoms with Gasteiger partial charge < -0.3 is 10.4 Å². The fourth-order valence-electron chi connectivity index (χ4n) is 2.62. The number of pyridine rings is 1. The first kappa shape index (κ1) is 15.9. The Balaban J connectivity index is 2.24. The largest absolute Gasteiger partial charge is 0.481 e. The van der Waals surface area contributed by atoms with Gasteiger partial charge in [-0.25, -0.2) is 4.98 Å². The maximum absolute atomic E-state index is 12.6. The lowest BCUT2D eigenvalue weighted by Gasteiger charge is -2.29. The van der Waals surface area contributed by atoms with Crippen LogP contribution in [0.4, 0.5) is 19.0 Å². The Kier molecular flexibility index (Phi) is 4.32. The average molecular weight is 323 g/mol. The number of carboxylic acid groups (broad SMARTS) is 1. The van der Waals surface area contributed by atoms with Crippen LogP contribution in [0.1, 0.15) is 37.7 Å². The van der Waals surface area contributed by atoms with Crippen molar-refractivity contribution in [3.63, 3.8) is 0 Å². The Morgan fingerprint density at radius 2 is 2.05 bits per heavy atom. The maximum atomic E-state index is 12.6. The Hall–Kier alpha value is -1.50. The monoisotopic (exact) mass is 322 g/mol. The molecule has 1 aromatic heterocycles. The number of aliphatic carboxylic acids is 1. The van der Waals surface area contributed by atoms with E-state index >= 15 is 0 Å². The molecule has 1 heterocycles. The maximum Gasteiger partial charge on any atom is 0.417 e. The smallest absolute Gasteiger partial charge is 0.417 e. The van der Waals surface area contributed by atoms with E-state index in [1.54, 1.807) is 0 Å². The van der Waals surface area contributed by atoms with Crippen LogP contribution in [0.2, 0.25) is 5.02 Å². The van der Waals surface area contributed by atoms with Crippen LogP contribution in [0.3, 0.4) is 0 Å². The molecule has 2 rings (SSSR count). The zero-order valence-corrected chi connectivity index (χ0v) is 11.8. The van der Waals surface area contributed by atoms with Crippen molar-refractivity contribution in [3.8, 4) is 0 Å². The molecule has 1 saturated carbocycles. The van der Waals surface area contributed by atoms with Crippen LogP contribution < -0.4 is 5.32 Å². The van der Waals surface area contributed by atoms with Crippen LogP contribution in [-0.4, -0.2) is 21.6 Å². The summed E-state index contributed by atoms with van der Waals surface area (Å²) in [5.74, 6) is -0.875. The minimum atomic E-state index is -4.51. The normalized spacial score (nSPS) is 17.7. The van der Waals surface area contributed by atoms with Gasteiger partial charge in [0.25, 0.3) is 0 Å². The number of alkyl halides is 3. The minimum Gasteiger partial charge on any atom is -0.481 e. The van der Waals surface area contributed by atoms with Gasteiger partial charge in [-0.15, -0.1) is 0 Å². The van der Waals surface area contributed by atoms with E-state index in [4.69, 9.17) is 16.7 Å². The third kappa shape index (κ3) is 3.78. The van der Waals surface area contributed by atoms with E-state index in [0.717, 1.165) is 18.9 Å². The lowest BCUT2D eigenvalue weighted by Crippen LogP contribution is -2.38. The molecule has 1 aromatic rings. The number of anilines is 1. The summed E-state index contributed by atoms with van der Waals surface area (Å²) in [5.41, 5.74) is -1.63. The van der Waals surface area contributed by atoms with Crippen molar-refractivity contribution in [2.75, 3.05) is 5.32 Å². The molecule has 0 aliphatic heterocycles. The molecule has 116 valence electrons. The van der Waals surface area contributed by atoms with Gasteiger partial charge in [-0.05, 0) is 18.9 Å². The van der Waals surface area contributed by atoms with Crippen LogP contribution in [-0.2, 0) is 11.0 Å². The summed E-state index contributed by atoms with van der Waals surface area (Å²) >= 11 is 5.84. The second kappa shape index (κ2) is 5.71. The van der Waals surface area contributed by atoms with E-state index in [2.05, 4.69) is 10.3 Å². The summed E-state index contributed by atoms with van der Waals surface area (Å²) in [6.07, 6.45) is -0.974. The molecular weight excluding hydrogens is 309 g/mol. The van der Waals surface area contributed by atoms with Gasteiger partial charge in [-0.3, -0.25) is 4.79 Å². The highest BCUT2D eigenvalue weighted by Crippen LogP contribution is 2.38. The topological polar surface area (TPSA) is 62.2 Å². The van der Waals surface area contributed by atoms with Crippen molar-refractivity contribution in [2.45, 2.75) is 43.8 Å². The third-order valence-corrected chi connectivity index (χ3v) is 3.89. The molecule has 2 N–H and O–H groups in total. The number of hydrogen-bond acceptors (Lipinski definition) is 3. The predicted molar refractivity (Wildman–Crippen MR) is 71.3 cm³/mol. The Morgan fingerprint density at radius 1 is 1.43 bits per heavy atom. The number of nitrogens with zero attached hydrogens (tertiary/aromatic N) is 1. The first-order valence-electron chi connectivity index (χ1n) is 6.45. The van der Waals surface area contributed by atoms with Crippen LogP contribution in [0, 0.1) is 0 Å². The zero-order valence-electron chi connectivity index (χ0n) is 11.0. The third-order valence-electron chi connectivity index (χ3n) is 3.60. The van der Waals surface area contributed by atoms with Crippen molar-refractivity contribution >= 4 is 23.4 Å². The fourth-order valence-corrected chi connectivity index (χ4v) is 2.84. The number of halogens is 4. The molecule has 4 nitrogen and oxygen atoms in total. The van der Waals surface area contributed by atoms with E-state index in [1.165, 1.54) is 0 Å². The molecule has 1 aliphatic carbocycles. The van der Waals surface area contributed by atoms with Gasteiger partial charge in [-0.1, -0.05) is 24.4 Å². The summed E-state index contributed by atoms with van der Waals surface area (Å²) < 4.78 is 37.7. The first-order valence-corrected chi connectivity index (χ1v) is 6.82. The molecule has 0 atom stereocenters. The van der Waals surface area contributed by atoms with Gasteiger partial charge in [-0.2, -0.15) is 13.2 Å². The molecule has 1 aliphatic rings. The molecule has 21 heavy (non-hydrogen) atoms. The Morgan fingerprint density at radius 3 is 2.52 bits per heavy atom. The number of aromatic nitrogens is 1. The van der Waals surface area contributed by atoms with E-state index in [0.29, 0.717) is 19.0 Å². The van der Waals surface area contributed by atoms with Gasteiger partial charge in [0.15, 0.2) is 0 Å². The number of carboxylic acids is 1. The fraction of sp³-hybridized carbons (Fsp3) is 0.538. The summed E-state index contributed by atoms with van der Waals surface area (Å²) in [4.78, 5) is 14.7. The van der Waals surface area contributed by atoms with Gasteiger partial charge in [0, 0.05) is 11.7 Å². The molecule has 0 bridgehead atoms. The molecular formula is C13H14ClF3N2O2. The molecule has 0 radical (unpaired) electrons. The van der Waals surface area contributed by atoms with Crippen molar-refractivity contribution in [2.24, 2.45) is 0 Å². The van der Waals surface area contributed by atoms with Crippen LogP contribution in [0.25, 0.3) is 0 Å². The Bertz CT molecular complexity index is 543. The molecule has 0 unspecified atom stereocenters. The molecule has 0 amide bonds. The van der Waals surface area contributed by atoms with Crippen LogP contribution in [0.15, 0.2) is 12.3 Å². The SMILES string of the molecule is O=C(O)CC1(Nc2ncc(C(F)(F)F)cc2Cl)CCCC1. The van der Waals surface area contributed by atoms with Crippen LogP contribution >= 0.6 is 11.6 Å². The molecule has 0 spiro atoms. The quantitative estimate of drug-likeness (QED) is 0.881. The highest BCUT2D eigenvalue weighted by molar-refractivity contribution is 6.33. The summed E-state index contributed by atoms with van der Waals surface area (Å²) in [7, 11) is 0. The molecule has 0 saturated heterocycles. The summed E-state index contributed by atoms with van der Waals surface area (Å²) in [5, 5.41) is 11.8. The highest BCUT2D eigenvalue weighted by atomic mass is 35.5. The van der Waals surface area contributed by atoms with E-state index < -0.39 is 23.2 Å². The highest BCUT2D eigenvalue weighted by Gasteiger charge is 2.37. The van der Waals surface area contributed by atoms with E-state index in [9.17, 15) is 18.0 Å². The van der Waals surface area contributed by atoms with Gasteiger partial charge >= 0.3 is 12.1 Å². The van der Waals surface area contributed by atoms with Crippen molar-refractivity contribution in [1.29, 1.82) is 0 Å². The number of carbonyl (C=O) groups is 1. The average Bonchev–Trinajstić information content (AvgIpc) is 2.78. The molecule has 0 aromatic carbocycles. The number of nitrogens with one attached hydrogen (secondary N) is 1. The zero-order chi connectivity index (χ0) is 15.7. The van der Waals surface area contributed by atoms with Gasteiger partial charge in [0.1, 0.15) is 5.82 Å². The van der Waals surface area contributed by atoms with Crippen molar-refractivity contribution in [3.05, 3.63) is 22.8 Å². The minimum absolute atomic E-state index is 0.0906. The van der Waals surface area contributed by atoms with Gasteiger partial charge in [0.05, 0.1) is 17.0 Å². The molecule has 8 heteroatoms. The Labute approximate surface area is 124 Å². The predicted octanol–water partition coefficient (Wildman–Crippen LogP) is 3.95. The summed E-state index contributed by atoms with van der Waals surface area (Å²) in [6.45, 7) is 0. The van der Waals surface area contributed by atoms with E-state index in [-0.39, 0.29) is 17.3 Å². The number of hydrogen-bond donors (Lipinski definition) is 2. The number of rotatable bonds is 4. The lowest BCUT2D eigenvalue weighted by atomic mass is 9.93. The summed E-state index contributed by atoms with van der Waals surface area (Å²) in [6, 6.07) is 0.792. The van der Waals surface area contributed by atoms with E-state index in [1.807, 2.05) is 0 Å². The second-order valence-corrected chi connectivity index (χ2v) is 5.64. The molecule has 1 fully saturated rings. The van der Waals surface area contributed by atoms with Crippen molar-refractivity contribution < 1.29 is 23.1 Å². The van der Waals surface area contributed by atoms with Crippen molar-refractivity contribution in [1.82, 2.24) is 4.98 Å². The lowest BCUT2D eigenvalue weighted by molar-refractivity contribution is -0.138. The first-order chi connectivity index (χ1) is 9.72. The second-order valence-electron chi connectivity index (χ2n) is 5.24.